The van der Waals surface area contributed by atoms with Gasteiger partial charge in [0.05, 0.1) is 0 Å². The molecule has 1 saturated heterocycles. The van der Waals surface area contributed by atoms with E-state index in [0.717, 1.165) is 24.4 Å². The van der Waals surface area contributed by atoms with Crippen LogP contribution in [0.3, 0.4) is 0 Å². The van der Waals surface area contributed by atoms with Crippen molar-refractivity contribution in [2.75, 3.05) is 33.2 Å². The van der Waals surface area contributed by atoms with Gasteiger partial charge in [0.2, 0.25) is 0 Å². The van der Waals surface area contributed by atoms with Crippen LogP contribution in [-0.2, 0) is 0 Å². The topological polar surface area (TPSA) is 32.5 Å². The summed E-state index contributed by atoms with van der Waals surface area (Å²) in [6, 6.07) is 1.44. The highest BCUT2D eigenvalue weighted by Crippen LogP contribution is 2.45. The lowest BCUT2D eigenvalue weighted by molar-refractivity contribution is 0.0287. The van der Waals surface area contributed by atoms with Gasteiger partial charge in [-0.2, -0.15) is 0 Å². The first-order valence-electron chi connectivity index (χ1n) is 7.92. The fourth-order valence-electron chi connectivity index (χ4n) is 4.21. The van der Waals surface area contributed by atoms with Crippen LogP contribution < -0.4 is 5.73 Å². The van der Waals surface area contributed by atoms with Gasteiger partial charge >= 0.3 is 0 Å². The number of piperazine rings is 1. The van der Waals surface area contributed by atoms with Crippen molar-refractivity contribution in [2.45, 2.75) is 50.6 Å². The minimum absolute atomic E-state index is 0.603. The van der Waals surface area contributed by atoms with Crippen LogP contribution in [0.1, 0.15) is 38.5 Å². The van der Waals surface area contributed by atoms with Gasteiger partial charge in [-0.05, 0) is 44.6 Å². The first kappa shape index (κ1) is 12.9. The third-order valence-electron chi connectivity index (χ3n) is 5.45. The highest BCUT2D eigenvalue weighted by Gasteiger charge is 2.38. The van der Waals surface area contributed by atoms with Crippen LogP contribution in [0.5, 0.6) is 0 Å². The number of nitrogens with zero attached hydrogens (tertiary/aromatic N) is 2. The van der Waals surface area contributed by atoms with Crippen LogP contribution in [-0.4, -0.2) is 55.1 Å². The summed E-state index contributed by atoms with van der Waals surface area (Å²) < 4.78 is 0. The maximum absolute atomic E-state index is 6.00. The molecule has 3 aliphatic rings. The molecule has 3 unspecified atom stereocenters. The Labute approximate surface area is 112 Å². The van der Waals surface area contributed by atoms with Gasteiger partial charge in [-0.3, -0.25) is 4.90 Å². The van der Waals surface area contributed by atoms with E-state index < -0.39 is 0 Å². The largest absolute Gasteiger partial charge is 0.329 e. The van der Waals surface area contributed by atoms with Crippen LogP contribution in [0, 0.1) is 11.8 Å². The van der Waals surface area contributed by atoms with Gasteiger partial charge in [0, 0.05) is 38.3 Å². The Morgan fingerprint density at radius 1 is 1.06 bits per heavy atom. The van der Waals surface area contributed by atoms with E-state index in [9.17, 15) is 0 Å². The van der Waals surface area contributed by atoms with Crippen LogP contribution in [0.25, 0.3) is 0 Å². The second-order valence-corrected chi connectivity index (χ2v) is 6.81. The average Bonchev–Trinajstić information content (AvgIpc) is 3.23. The van der Waals surface area contributed by atoms with Crippen molar-refractivity contribution in [3.05, 3.63) is 0 Å². The summed E-state index contributed by atoms with van der Waals surface area (Å²) in [7, 11) is 2.23. The van der Waals surface area contributed by atoms with Crippen LogP contribution in [0.4, 0.5) is 0 Å². The minimum atomic E-state index is 0.603. The van der Waals surface area contributed by atoms with Gasteiger partial charge in [0.25, 0.3) is 0 Å². The third kappa shape index (κ3) is 2.73. The van der Waals surface area contributed by atoms with Crippen molar-refractivity contribution in [2.24, 2.45) is 17.6 Å². The van der Waals surface area contributed by atoms with Crippen molar-refractivity contribution < 1.29 is 0 Å². The average molecular weight is 251 g/mol. The molecule has 0 aromatic rings. The first-order chi connectivity index (χ1) is 8.78. The van der Waals surface area contributed by atoms with E-state index in [4.69, 9.17) is 5.73 Å². The summed E-state index contributed by atoms with van der Waals surface area (Å²) >= 11 is 0. The van der Waals surface area contributed by atoms with E-state index in [2.05, 4.69) is 16.8 Å². The van der Waals surface area contributed by atoms with E-state index in [-0.39, 0.29) is 0 Å². The highest BCUT2D eigenvalue weighted by atomic mass is 15.3. The molecule has 0 bridgehead atoms. The molecule has 2 aliphatic carbocycles. The molecule has 1 aliphatic heterocycles. The Hall–Kier alpha value is -0.120. The zero-order chi connectivity index (χ0) is 12.5. The Bertz CT molecular complexity index is 277. The van der Waals surface area contributed by atoms with E-state index in [1.54, 1.807) is 0 Å². The standard InChI is InChI=1S/C15H29N3/c1-17-7-8-18(15(10-16)11-17)14-4-2-3-13(9-14)12-5-6-12/h12-15H,2-11,16H2,1H3. The predicted molar refractivity (Wildman–Crippen MR) is 75.5 cm³/mol. The summed E-state index contributed by atoms with van der Waals surface area (Å²) in [6.07, 6.45) is 8.87. The lowest BCUT2D eigenvalue weighted by atomic mass is 9.81. The van der Waals surface area contributed by atoms with Gasteiger partial charge < -0.3 is 10.6 Å². The lowest BCUT2D eigenvalue weighted by Crippen LogP contribution is -2.58. The molecule has 0 aromatic carbocycles. The summed E-state index contributed by atoms with van der Waals surface area (Å²) in [5, 5.41) is 0. The molecule has 3 nitrogen and oxygen atoms in total. The fraction of sp³-hybridized carbons (Fsp3) is 1.00. The van der Waals surface area contributed by atoms with E-state index >= 15 is 0 Å². The maximum atomic E-state index is 6.00. The van der Waals surface area contributed by atoms with Crippen LogP contribution in [0.15, 0.2) is 0 Å². The number of likely N-dealkylation sites (N-methyl/N-ethyl adjacent to an activating group) is 1. The summed E-state index contributed by atoms with van der Waals surface area (Å²) in [6.45, 7) is 4.46. The van der Waals surface area contributed by atoms with E-state index in [1.165, 1.54) is 58.2 Å². The van der Waals surface area contributed by atoms with Gasteiger partial charge in [-0.1, -0.05) is 12.8 Å². The van der Waals surface area contributed by atoms with Crippen molar-refractivity contribution in [3.63, 3.8) is 0 Å². The van der Waals surface area contributed by atoms with Crippen molar-refractivity contribution in [1.29, 1.82) is 0 Å². The molecule has 0 spiro atoms. The number of nitrogens with two attached hydrogens (primary N) is 1. The van der Waals surface area contributed by atoms with Crippen LogP contribution >= 0.6 is 0 Å². The minimum Gasteiger partial charge on any atom is -0.329 e. The molecule has 0 aromatic heterocycles. The Morgan fingerprint density at radius 2 is 1.89 bits per heavy atom. The molecular weight excluding hydrogens is 222 g/mol. The molecular formula is C15H29N3. The third-order valence-corrected chi connectivity index (χ3v) is 5.45. The molecule has 2 saturated carbocycles. The molecule has 0 radical (unpaired) electrons. The predicted octanol–water partition coefficient (Wildman–Crippen LogP) is 1.53. The number of rotatable bonds is 3. The normalized spacial score (nSPS) is 40.0. The zero-order valence-electron chi connectivity index (χ0n) is 11.9. The molecule has 3 heteroatoms. The second kappa shape index (κ2) is 5.48. The Kier molecular flexibility index (Phi) is 3.92. The molecule has 1 heterocycles. The molecule has 3 rings (SSSR count). The van der Waals surface area contributed by atoms with Crippen LogP contribution in [0.2, 0.25) is 0 Å². The molecule has 18 heavy (non-hydrogen) atoms. The van der Waals surface area contributed by atoms with Gasteiger partial charge in [0.1, 0.15) is 0 Å². The molecule has 2 N–H and O–H groups in total. The Morgan fingerprint density at radius 3 is 2.61 bits per heavy atom. The SMILES string of the molecule is CN1CCN(C2CCCC(C3CC3)C2)C(CN)C1. The first-order valence-corrected chi connectivity index (χ1v) is 7.92. The lowest BCUT2D eigenvalue weighted by Gasteiger charge is -2.46. The van der Waals surface area contributed by atoms with E-state index in [0.29, 0.717) is 6.04 Å². The molecule has 3 fully saturated rings. The summed E-state index contributed by atoms with van der Waals surface area (Å²) in [4.78, 5) is 5.20. The quantitative estimate of drug-likeness (QED) is 0.825. The van der Waals surface area contributed by atoms with Gasteiger partial charge in [-0.25, -0.2) is 0 Å². The molecule has 0 amide bonds. The van der Waals surface area contributed by atoms with Gasteiger partial charge in [0.15, 0.2) is 0 Å². The monoisotopic (exact) mass is 251 g/mol. The fourth-order valence-corrected chi connectivity index (χ4v) is 4.21. The maximum Gasteiger partial charge on any atom is 0.0349 e. The van der Waals surface area contributed by atoms with Crippen molar-refractivity contribution in [1.82, 2.24) is 9.80 Å². The van der Waals surface area contributed by atoms with Crippen molar-refractivity contribution in [3.8, 4) is 0 Å². The van der Waals surface area contributed by atoms with E-state index in [1.807, 2.05) is 0 Å². The number of hydrogen-bond acceptors (Lipinski definition) is 3. The number of hydrogen-bond donors (Lipinski definition) is 1. The molecule has 104 valence electrons. The van der Waals surface area contributed by atoms with Gasteiger partial charge in [-0.15, -0.1) is 0 Å². The summed E-state index contributed by atoms with van der Waals surface area (Å²) in [5.74, 6) is 2.14. The zero-order valence-corrected chi connectivity index (χ0v) is 11.9. The molecule has 3 atom stereocenters. The highest BCUT2D eigenvalue weighted by molar-refractivity contribution is 4.92. The summed E-state index contributed by atoms with van der Waals surface area (Å²) in [5.41, 5.74) is 6.00. The van der Waals surface area contributed by atoms with Crippen molar-refractivity contribution >= 4 is 0 Å². The Balaban J connectivity index is 1.61. The smallest absolute Gasteiger partial charge is 0.0349 e. The second-order valence-electron chi connectivity index (χ2n) is 6.81.